The summed E-state index contributed by atoms with van der Waals surface area (Å²) in [5, 5.41) is 0.756. The predicted molar refractivity (Wildman–Crippen MR) is 66.2 cm³/mol. The summed E-state index contributed by atoms with van der Waals surface area (Å²) in [4.78, 5) is 4.68. The SMILES string of the molecule is CCC1CCCc2nc3c(Cl)cccn3c21. The van der Waals surface area contributed by atoms with Crippen LogP contribution in [0.5, 0.6) is 0 Å². The van der Waals surface area contributed by atoms with Crippen LogP contribution in [0, 0.1) is 0 Å². The van der Waals surface area contributed by atoms with Gasteiger partial charge >= 0.3 is 0 Å². The summed E-state index contributed by atoms with van der Waals surface area (Å²) >= 11 is 6.18. The highest BCUT2D eigenvalue weighted by atomic mass is 35.5. The Morgan fingerprint density at radius 1 is 1.56 bits per heavy atom. The highest BCUT2D eigenvalue weighted by molar-refractivity contribution is 6.33. The lowest BCUT2D eigenvalue weighted by molar-refractivity contribution is 0.520. The molecule has 3 heteroatoms. The van der Waals surface area contributed by atoms with Gasteiger partial charge in [0.15, 0.2) is 5.65 Å². The van der Waals surface area contributed by atoms with Crippen LogP contribution < -0.4 is 0 Å². The number of halogens is 1. The summed E-state index contributed by atoms with van der Waals surface area (Å²) in [6.07, 6.45) is 6.91. The van der Waals surface area contributed by atoms with Crippen molar-refractivity contribution in [1.82, 2.24) is 9.38 Å². The van der Waals surface area contributed by atoms with Gasteiger partial charge in [-0.3, -0.25) is 0 Å². The van der Waals surface area contributed by atoms with Crippen LogP contribution in [0.2, 0.25) is 5.02 Å². The van der Waals surface area contributed by atoms with E-state index in [0.717, 1.165) is 17.1 Å². The fraction of sp³-hybridized carbons (Fsp3) is 0.462. The number of rotatable bonds is 1. The molecule has 0 N–H and O–H groups in total. The van der Waals surface area contributed by atoms with Crippen molar-refractivity contribution < 1.29 is 0 Å². The van der Waals surface area contributed by atoms with E-state index in [4.69, 9.17) is 11.6 Å². The highest BCUT2D eigenvalue weighted by Crippen LogP contribution is 2.35. The van der Waals surface area contributed by atoms with Gasteiger partial charge in [0.2, 0.25) is 0 Å². The van der Waals surface area contributed by atoms with Crippen LogP contribution in [0.15, 0.2) is 18.3 Å². The largest absolute Gasteiger partial charge is 0.302 e. The van der Waals surface area contributed by atoms with Crippen LogP contribution in [0.3, 0.4) is 0 Å². The molecule has 0 aromatic carbocycles. The lowest BCUT2D eigenvalue weighted by Gasteiger charge is -2.20. The van der Waals surface area contributed by atoms with Crippen LogP contribution >= 0.6 is 11.6 Å². The number of imidazole rings is 1. The predicted octanol–water partition coefficient (Wildman–Crippen LogP) is 3.82. The van der Waals surface area contributed by atoms with Gasteiger partial charge in [-0.25, -0.2) is 4.98 Å². The molecule has 1 unspecified atom stereocenters. The van der Waals surface area contributed by atoms with Crippen LogP contribution in [-0.4, -0.2) is 9.38 Å². The third kappa shape index (κ3) is 1.36. The van der Waals surface area contributed by atoms with Gasteiger partial charge in [0.1, 0.15) is 0 Å². The van der Waals surface area contributed by atoms with Crippen molar-refractivity contribution in [1.29, 1.82) is 0 Å². The zero-order valence-electron chi connectivity index (χ0n) is 9.41. The van der Waals surface area contributed by atoms with E-state index in [2.05, 4.69) is 22.5 Å². The summed E-state index contributed by atoms with van der Waals surface area (Å²) in [6.45, 7) is 2.25. The average molecular weight is 235 g/mol. The first-order valence-corrected chi connectivity index (χ1v) is 6.34. The molecule has 2 heterocycles. The fourth-order valence-electron chi connectivity index (χ4n) is 2.77. The Morgan fingerprint density at radius 2 is 2.44 bits per heavy atom. The molecule has 16 heavy (non-hydrogen) atoms. The number of fused-ring (bicyclic) bond motifs is 3. The van der Waals surface area contributed by atoms with E-state index >= 15 is 0 Å². The third-order valence-corrected chi connectivity index (χ3v) is 3.86. The number of aryl methyl sites for hydroxylation is 1. The molecule has 1 aliphatic rings. The zero-order chi connectivity index (χ0) is 11.1. The Labute approximate surface area is 100 Å². The monoisotopic (exact) mass is 234 g/mol. The summed E-state index contributed by atoms with van der Waals surface area (Å²) in [7, 11) is 0. The van der Waals surface area contributed by atoms with Crippen molar-refractivity contribution in [3.8, 4) is 0 Å². The lowest BCUT2D eigenvalue weighted by atomic mass is 9.88. The normalized spacial score (nSPS) is 20.0. The second-order valence-corrected chi connectivity index (χ2v) is 4.90. The van der Waals surface area contributed by atoms with E-state index in [1.54, 1.807) is 0 Å². The summed E-state index contributed by atoms with van der Waals surface area (Å²) in [5.74, 6) is 0.650. The van der Waals surface area contributed by atoms with E-state index in [9.17, 15) is 0 Å². The van der Waals surface area contributed by atoms with E-state index in [1.807, 2.05) is 12.1 Å². The van der Waals surface area contributed by atoms with Crippen molar-refractivity contribution in [3.63, 3.8) is 0 Å². The first-order valence-electron chi connectivity index (χ1n) is 5.96. The molecule has 0 aliphatic heterocycles. The Bertz CT molecular complexity index is 530. The first-order chi connectivity index (χ1) is 7.81. The fourth-order valence-corrected chi connectivity index (χ4v) is 2.97. The van der Waals surface area contributed by atoms with Crippen molar-refractivity contribution in [2.75, 3.05) is 0 Å². The smallest absolute Gasteiger partial charge is 0.156 e. The minimum atomic E-state index is 0.650. The van der Waals surface area contributed by atoms with Gasteiger partial charge in [0.25, 0.3) is 0 Å². The van der Waals surface area contributed by atoms with Crippen LogP contribution in [0.1, 0.15) is 43.5 Å². The second kappa shape index (κ2) is 3.77. The quantitative estimate of drug-likeness (QED) is 0.733. The van der Waals surface area contributed by atoms with Crippen LogP contribution in [0.4, 0.5) is 0 Å². The van der Waals surface area contributed by atoms with Crippen molar-refractivity contribution in [2.45, 2.75) is 38.5 Å². The molecule has 2 nitrogen and oxygen atoms in total. The van der Waals surface area contributed by atoms with Crippen LogP contribution in [-0.2, 0) is 6.42 Å². The van der Waals surface area contributed by atoms with Crippen molar-refractivity contribution in [2.24, 2.45) is 0 Å². The molecular weight excluding hydrogens is 220 g/mol. The van der Waals surface area contributed by atoms with Gasteiger partial charge in [-0.05, 0) is 37.8 Å². The molecule has 0 spiro atoms. The Kier molecular flexibility index (Phi) is 2.40. The van der Waals surface area contributed by atoms with E-state index in [-0.39, 0.29) is 0 Å². The molecule has 2 aromatic heterocycles. The number of hydrogen-bond donors (Lipinski definition) is 0. The average Bonchev–Trinajstić information content (AvgIpc) is 2.69. The van der Waals surface area contributed by atoms with Gasteiger partial charge in [0.05, 0.1) is 10.7 Å². The molecule has 0 radical (unpaired) electrons. The number of nitrogens with zero attached hydrogens (tertiary/aromatic N) is 2. The maximum Gasteiger partial charge on any atom is 0.156 e. The summed E-state index contributed by atoms with van der Waals surface area (Å²) < 4.78 is 2.19. The Balaban J connectivity index is 2.30. The molecule has 3 rings (SSSR count). The summed E-state index contributed by atoms with van der Waals surface area (Å²) in [6, 6.07) is 3.91. The van der Waals surface area contributed by atoms with E-state index < -0.39 is 0 Å². The molecule has 0 bridgehead atoms. The zero-order valence-corrected chi connectivity index (χ0v) is 10.2. The minimum absolute atomic E-state index is 0.650. The molecule has 0 saturated heterocycles. The Hall–Kier alpha value is -1.02. The van der Waals surface area contributed by atoms with Gasteiger partial charge in [-0.15, -0.1) is 0 Å². The first kappa shape index (κ1) is 10.2. The second-order valence-electron chi connectivity index (χ2n) is 4.49. The molecule has 0 fully saturated rings. The summed E-state index contributed by atoms with van der Waals surface area (Å²) in [5.41, 5.74) is 3.58. The highest BCUT2D eigenvalue weighted by Gasteiger charge is 2.24. The van der Waals surface area contributed by atoms with Gasteiger partial charge < -0.3 is 4.40 Å². The molecule has 84 valence electrons. The Morgan fingerprint density at radius 3 is 3.25 bits per heavy atom. The topological polar surface area (TPSA) is 17.3 Å². The van der Waals surface area contributed by atoms with Gasteiger partial charge in [-0.2, -0.15) is 0 Å². The third-order valence-electron chi connectivity index (χ3n) is 3.56. The lowest BCUT2D eigenvalue weighted by Crippen LogP contribution is -2.10. The van der Waals surface area contributed by atoms with E-state index in [1.165, 1.54) is 30.7 Å². The minimum Gasteiger partial charge on any atom is -0.302 e. The maximum absolute atomic E-state index is 6.18. The number of pyridine rings is 1. The standard InChI is InChI=1S/C13H15ClN2/c1-2-9-5-3-7-11-12(9)16-8-4-6-10(14)13(16)15-11/h4,6,8-9H,2-3,5,7H2,1H3. The van der Waals surface area contributed by atoms with Gasteiger partial charge in [-0.1, -0.05) is 18.5 Å². The van der Waals surface area contributed by atoms with Gasteiger partial charge in [0, 0.05) is 17.8 Å². The van der Waals surface area contributed by atoms with Crippen LogP contribution in [0.25, 0.3) is 5.65 Å². The number of aromatic nitrogens is 2. The van der Waals surface area contributed by atoms with E-state index in [0.29, 0.717) is 5.92 Å². The molecule has 0 saturated carbocycles. The molecule has 2 aromatic rings. The molecule has 0 amide bonds. The maximum atomic E-state index is 6.18. The molecule has 1 aliphatic carbocycles. The number of hydrogen-bond acceptors (Lipinski definition) is 1. The van der Waals surface area contributed by atoms with Crippen molar-refractivity contribution >= 4 is 17.2 Å². The molecule has 1 atom stereocenters. The molecular formula is C13H15ClN2. The van der Waals surface area contributed by atoms with Crippen molar-refractivity contribution in [3.05, 3.63) is 34.7 Å².